The van der Waals surface area contributed by atoms with Gasteiger partial charge in [-0.25, -0.2) is 0 Å². The van der Waals surface area contributed by atoms with Crippen molar-refractivity contribution in [2.24, 2.45) is 5.92 Å². The average molecular weight is 243 g/mol. The average Bonchev–Trinajstić information content (AvgIpc) is 2.36. The highest BCUT2D eigenvalue weighted by atomic mass is 16.3. The van der Waals surface area contributed by atoms with Gasteiger partial charge >= 0.3 is 0 Å². The molecule has 1 aliphatic rings. The molecule has 0 saturated carbocycles. The van der Waals surface area contributed by atoms with Crippen molar-refractivity contribution in [1.29, 1.82) is 0 Å². The maximum absolute atomic E-state index is 12.1. The van der Waals surface area contributed by atoms with Gasteiger partial charge in [-0.2, -0.15) is 0 Å². The molecular formula is C12H25N3O2. The fourth-order valence-electron chi connectivity index (χ4n) is 2.09. The summed E-state index contributed by atoms with van der Waals surface area (Å²) in [6.45, 7) is 9.93. The van der Waals surface area contributed by atoms with Gasteiger partial charge in [-0.1, -0.05) is 13.8 Å². The van der Waals surface area contributed by atoms with E-state index in [-0.39, 0.29) is 18.4 Å². The number of nitrogens with one attached hydrogen (secondary N) is 1. The number of hydrogen-bond donors (Lipinski definition) is 2. The summed E-state index contributed by atoms with van der Waals surface area (Å²) < 4.78 is 0. The zero-order valence-electron chi connectivity index (χ0n) is 11.0. The summed E-state index contributed by atoms with van der Waals surface area (Å²) in [4.78, 5) is 16.2. The third kappa shape index (κ3) is 4.61. The molecule has 1 fully saturated rings. The summed E-state index contributed by atoms with van der Waals surface area (Å²) in [7, 11) is 0. The minimum atomic E-state index is 0.0549. The molecule has 100 valence electrons. The Morgan fingerprint density at radius 3 is 2.53 bits per heavy atom. The lowest BCUT2D eigenvalue weighted by atomic mass is 10.1. The van der Waals surface area contributed by atoms with Gasteiger partial charge in [0, 0.05) is 45.2 Å². The predicted octanol–water partition coefficient (Wildman–Crippen LogP) is -0.631. The number of aliphatic hydroxyl groups is 1. The number of hydrogen-bond acceptors (Lipinski definition) is 4. The topological polar surface area (TPSA) is 55.8 Å². The summed E-state index contributed by atoms with van der Waals surface area (Å²) in [5.74, 6) is 0.300. The van der Waals surface area contributed by atoms with E-state index in [0.717, 1.165) is 45.8 Å². The van der Waals surface area contributed by atoms with Gasteiger partial charge in [0.05, 0.1) is 6.61 Å². The summed E-state index contributed by atoms with van der Waals surface area (Å²) in [5, 5.41) is 12.1. The SMILES string of the molecule is CCNCC(C)C(=O)N1CCN(CCO)CC1. The Hall–Kier alpha value is -0.650. The highest BCUT2D eigenvalue weighted by Gasteiger charge is 2.24. The largest absolute Gasteiger partial charge is 0.395 e. The molecule has 0 bridgehead atoms. The molecule has 1 rings (SSSR count). The molecule has 2 N–H and O–H groups in total. The Kier molecular flexibility index (Phi) is 6.47. The van der Waals surface area contributed by atoms with Gasteiger partial charge in [0.1, 0.15) is 0 Å². The van der Waals surface area contributed by atoms with Gasteiger partial charge in [0.15, 0.2) is 0 Å². The smallest absolute Gasteiger partial charge is 0.226 e. The first-order valence-corrected chi connectivity index (χ1v) is 6.51. The highest BCUT2D eigenvalue weighted by molar-refractivity contribution is 5.78. The molecule has 1 saturated heterocycles. The lowest BCUT2D eigenvalue weighted by Gasteiger charge is -2.35. The van der Waals surface area contributed by atoms with Crippen LogP contribution in [0.3, 0.4) is 0 Å². The Bertz CT molecular complexity index is 228. The van der Waals surface area contributed by atoms with Gasteiger partial charge in [-0.3, -0.25) is 9.69 Å². The fourth-order valence-corrected chi connectivity index (χ4v) is 2.09. The molecule has 1 atom stereocenters. The van der Waals surface area contributed by atoms with Crippen LogP contribution in [0.2, 0.25) is 0 Å². The molecule has 1 amide bonds. The standard InChI is InChI=1S/C12H25N3O2/c1-3-13-10-11(2)12(17)15-6-4-14(5-7-15)8-9-16/h11,13,16H,3-10H2,1-2H3. The highest BCUT2D eigenvalue weighted by Crippen LogP contribution is 2.06. The first-order valence-electron chi connectivity index (χ1n) is 6.51. The van der Waals surface area contributed by atoms with Crippen molar-refractivity contribution in [3.63, 3.8) is 0 Å². The maximum Gasteiger partial charge on any atom is 0.226 e. The first-order chi connectivity index (χ1) is 8.19. The normalized spacial score (nSPS) is 19.4. The van der Waals surface area contributed by atoms with E-state index in [0.29, 0.717) is 0 Å². The van der Waals surface area contributed by atoms with Crippen LogP contribution < -0.4 is 5.32 Å². The fraction of sp³-hybridized carbons (Fsp3) is 0.917. The third-order valence-corrected chi connectivity index (χ3v) is 3.22. The van der Waals surface area contributed by atoms with Crippen molar-refractivity contribution in [1.82, 2.24) is 15.1 Å². The minimum absolute atomic E-state index is 0.0549. The second-order valence-electron chi connectivity index (χ2n) is 4.60. The van der Waals surface area contributed by atoms with E-state index in [9.17, 15) is 4.79 Å². The van der Waals surface area contributed by atoms with Crippen LogP contribution in [0.4, 0.5) is 0 Å². The Labute approximate surface area is 104 Å². The van der Waals surface area contributed by atoms with Crippen molar-refractivity contribution in [3.05, 3.63) is 0 Å². The molecule has 0 aromatic heterocycles. The van der Waals surface area contributed by atoms with E-state index >= 15 is 0 Å². The summed E-state index contributed by atoms with van der Waals surface area (Å²) in [6.07, 6.45) is 0. The molecule has 1 aliphatic heterocycles. The van der Waals surface area contributed by atoms with Crippen molar-refractivity contribution in [2.45, 2.75) is 13.8 Å². The zero-order chi connectivity index (χ0) is 12.7. The van der Waals surface area contributed by atoms with Crippen LogP contribution in [0.1, 0.15) is 13.8 Å². The van der Waals surface area contributed by atoms with Gasteiger partial charge < -0.3 is 15.3 Å². The molecule has 5 nitrogen and oxygen atoms in total. The van der Waals surface area contributed by atoms with Crippen molar-refractivity contribution >= 4 is 5.91 Å². The van der Waals surface area contributed by atoms with E-state index in [1.54, 1.807) is 0 Å². The monoisotopic (exact) mass is 243 g/mol. The van der Waals surface area contributed by atoms with Crippen LogP contribution in [-0.4, -0.2) is 73.2 Å². The van der Waals surface area contributed by atoms with Gasteiger partial charge in [-0.15, -0.1) is 0 Å². The van der Waals surface area contributed by atoms with Crippen LogP contribution in [0, 0.1) is 5.92 Å². The molecule has 0 radical (unpaired) electrons. The molecule has 0 aromatic carbocycles. The number of nitrogens with zero attached hydrogens (tertiary/aromatic N) is 2. The zero-order valence-corrected chi connectivity index (χ0v) is 11.0. The number of β-amino-alcohol motifs (C(OH)–C–C–N with tert-alkyl or cyclic N) is 1. The molecule has 0 aromatic rings. The quantitative estimate of drug-likeness (QED) is 0.652. The summed E-state index contributed by atoms with van der Waals surface area (Å²) >= 11 is 0. The number of amides is 1. The van der Waals surface area contributed by atoms with Crippen LogP contribution in [-0.2, 0) is 4.79 Å². The minimum Gasteiger partial charge on any atom is -0.395 e. The van der Waals surface area contributed by atoms with E-state index in [1.165, 1.54) is 0 Å². The lowest BCUT2D eigenvalue weighted by molar-refractivity contribution is -0.136. The number of aliphatic hydroxyl groups excluding tert-OH is 1. The number of carbonyl (C=O) groups is 1. The molecule has 5 heteroatoms. The van der Waals surface area contributed by atoms with Crippen molar-refractivity contribution in [3.8, 4) is 0 Å². The molecule has 17 heavy (non-hydrogen) atoms. The van der Waals surface area contributed by atoms with E-state index < -0.39 is 0 Å². The van der Waals surface area contributed by atoms with Crippen molar-refractivity contribution in [2.75, 3.05) is 52.4 Å². The lowest BCUT2D eigenvalue weighted by Crippen LogP contribution is -2.51. The first kappa shape index (κ1) is 14.4. The maximum atomic E-state index is 12.1. The molecule has 1 heterocycles. The van der Waals surface area contributed by atoms with Gasteiger partial charge in [0.2, 0.25) is 5.91 Å². The van der Waals surface area contributed by atoms with Gasteiger partial charge in [0.25, 0.3) is 0 Å². The van der Waals surface area contributed by atoms with Gasteiger partial charge in [-0.05, 0) is 6.54 Å². The van der Waals surface area contributed by atoms with E-state index in [4.69, 9.17) is 5.11 Å². The Morgan fingerprint density at radius 2 is 2.00 bits per heavy atom. The van der Waals surface area contributed by atoms with E-state index in [1.807, 2.05) is 18.7 Å². The summed E-state index contributed by atoms with van der Waals surface area (Å²) in [6, 6.07) is 0. The van der Waals surface area contributed by atoms with Crippen molar-refractivity contribution < 1.29 is 9.90 Å². The van der Waals surface area contributed by atoms with Crippen LogP contribution in [0.15, 0.2) is 0 Å². The second kappa shape index (κ2) is 7.63. The third-order valence-electron chi connectivity index (χ3n) is 3.22. The molecule has 1 unspecified atom stereocenters. The number of carbonyl (C=O) groups excluding carboxylic acids is 1. The molecule has 0 aliphatic carbocycles. The molecular weight excluding hydrogens is 218 g/mol. The van der Waals surface area contributed by atoms with E-state index in [2.05, 4.69) is 10.2 Å². The van der Waals surface area contributed by atoms with Crippen LogP contribution in [0.25, 0.3) is 0 Å². The Morgan fingerprint density at radius 1 is 1.35 bits per heavy atom. The summed E-state index contributed by atoms with van der Waals surface area (Å²) in [5.41, 5.74) is 0. The molecule has 0 spiro atoms. The Balaban J connectivity index is 2.30. The van der Waals surface area contributed by atoms with Crippen LogP contribution in [0.5, 0.6) is 0 Å². The van der Waals surface area contributed by atoms with Crippen LogP contribution >= 0.6 is 0 Å². The second-order valence-corrected chi connectivity index (χ2v) is 4.60. The number of piperazine rings is 1. The predicted molar refractivity (Wildman–Crippen MR) is 67.8 cm³/mol. The number of rotatable bonds is 6.